The van der Waals surface area contributed by atoms with Crippen molar-refractivity contribution in [2.24, 2.45) is 0 Å². The molecule has 0 bridgehead atoms. The zero-order valence-corrected chi connectivity index (χ0v) is 19.6. The lowest BCUT2D eigenvalue weighted by molar-refractivity contribution is 0.397. The van der Waals surface area contributed by atoms with Crippen LogP contribution in [-0.4, -0.2) is 53.7 Å². The van der Waals surface area contributed by atoms with Gasteiger partial charge in [-0.2, -0.15) is 20.2 Å². The van der Waals surface area contributed by atoms with E-state index in [9.17, 15) is 0 Å². The van der Waals surface area contributed by atoms with E-state index < -0.39 is 0 Å². The summed E-state index contributed by atoms with van der Waals surface area (Å²) < 4.78 is 13.4. The molecule has 4 aromatic rings. The maximum Gasteiger partial charge on any atom is 0.230 e. The number of halogens is 1. The quantitative estimate of drug-likeness (QED) is 0.400. The summed E-state index contributed by atoms with van der Waals surface area (Å²) in [5.41, 5.74) is 6.96. The van der Waals surface area contributed by atoms with Gasteiger partial charge in [0.1, 0.15) is 0 Å². The first-order valence-corrected chi connectivity index (χ1v) is 10.3. The van der Waals surface area contributed by atoms with Crippen molar-refractivity contribution < 1.29 is 9.47 Å². The minimum atomic E-state index is 0.203. The molecule has 0 aliphatic carbocycles. The Morgan fingerprint density at radius 2 is 1.52 bits per heavy atom. The lowest BCUT2D eigenvalue weighted by atomic mass is 10.5. The molecule has 176 valence electrons. The van der Waals surface area contributed by atoms with Crippen LogP contribution in [0.25, 0.3) is 0 Å². The average Bonchev–Trinajstić information content (AvgIpc) is 3.48. The molecule has 0 aromatic carbocycles. The summed E-state index contributed by atoms with van der Waals surface area (Å²) in [6.45, 7) is 5.77. The van der Waals surface area contributed by atoms with Gasteiger partial charge >= 0.3 is 0 Å². The van der Waals surface area contributed by atoms with Gasteiger partial charge in [-0.15, -0.1) is 0 Å². The van der Waals surface area contributed by atoms with Gasteiger partial charge in [0, 0.05) is 50.0 Å². The largest absolute Gasteiger partial charge is 0.481 e. The fourth-order valence-electron chi connectivity index (χ4n) is 2.23. The Labute approximate surface area is 196 Å². The average molecular weight is 475 g/mol. The van der Waals surface area contributed by atoms with Crippen LogP contribution in [0.15, 0.2) is 49.3 Å². The number of ether oxygens (including phenoxy) is 2. The van der Waals surface area contributed by atoms with Gasteiger partial charge in [-0.1, -0.05) is 0 Å². The first kappa shape index (κ1) is 25.3. The minimum absolute atomic E-state index is 0.203. The summed E-state index contributed by atoms with van der Waals surface area (Å²) in [7, 11) is 3.10. The van der Waals surface area contributed by atoms with Crippen LogP contribution in [-0.2, 0) is 13.1 Å². The maximum absolute atomic E-state index is 5.42. The summed E-state index contributed by atoms with van der Waals surface area (Å²) in [5, 5.41) is 11.3. The molecular weight excluding hydrogens is 448 g/mol. The highest BCUT2D eigenvalue weighted by atomic mass is 35.5. The van der Waals surface area contributed by atoms with Gasteiger partial charge in [-0.3, -0.25) is 9.36 Å². The number of nitrogens with two attached hydrogens (primary N) is 1. The first-order chi connectivity index (χ1) is 16.0. The van der Waals surface area contributed by atoms with E-state index in [4.69, 9.17) is 26.8 Å². The van der Waals surface area contributed by atoms with Gasteiger partial charge < -0.3 is 20.5 Å². The van der Waals surface area contributed by atoms with Gasteiger partial charge in [0.15, 0.2) is 0 Å². The number of methoxy groups -OCH3 is 2. The third-order valence-corrected chi connectivity index (χ3v) is 4.02. The summed E-state index contributed by atoms with van der Waals surface area (Å²) >= 11 is 5.42. The Morgan fingerprint density at radius 1 is 0.909 bits per heavy atom. The van der Waals surface area contributed by atoms with Crippen molar-refractivity contribution in [3.8, 4) is 11.8 Å². The van der Waals surface area contributed by atoms with E-state index in [0.717, 1.165) is 24.5 Å². The smallest absolute Gasteiger partial charge is 0.230 e. The van der Waals surface area contributed by atoms with E-state index in [-0.39, 0.29) is 5.28 Å². The van der Waals surface area contributed by atoms with E-state index in [0.29, 0.717) is 17.7 Å². The molecule has 13 heteroatoms. The number of aryl methyl sites for hydroxylation is 2. The predicted octanol–water partition coefficient (Wildman–Crippen LogP) is 3.07. The number of hydrogen-bond acceptors (Lipinski definition) is 10. The molecule has 0 unspecified atom stereocenters. The zero-order valence-electron chi connectivity index (χ0n) is 18.9. The highest BCUT2D eigenvalue weighted by molar-refractivity contribution is 6.28. The third-order valence-electron chi connectivity index (χ3n) is 3.84. The third kappa shape index (κ3) is 8.99. The number of aromatic nitrogens is 8. The van der Waals surface area contributed by atoms with E-state index in [2.05, 4.69) is 35.5 Å². The standard InChI is InChI=1S/C10H13N5O.C5H5ClN2O.C5H9N3/c1-3-15-7-8(6-12-15)13-10-11-5-4-9(14-10)16-2;1-9-4-2-3-7-5(6)8-4;1-2-8-4-5(6)3-7-8/h4-7H,3H2,1-2H3,(H,11,13,14);2-3H,1H3;3-4H,2,6H2,1H3. The molecule has 12 nitrogen and oxygen atoms in total. The number of nitrogens with one attached hydrogen (secondary N) is 1. The molecular formula is C20H27ClN10O2. The highest BCUT2D eigenvalue weighted by Crippen LogP contribution is 2.13. The zero-order chi connectivity index (χ0) is 24.1. The molecule has 0 aliphatic heterocycles. The Kier molecular flexibility index (Phi) is 10.3. The molecule has 4 heterocycles. The number of nitrogen functional groups attached to an aromatic ring is 1. The second-order valence-corrected chi connectivity index (χ2v) is 6.47. The van der Waals surface area contributed by atoms with Gasteiger partial charge in [0.05, 0.1) is 38.0 Å². The molecule has 3 N–H and O–H groups in total. The van der Waals surface area contributed by atoms with Crippen LogP contribution in [0, 0.1) is 0 Å². The summed E-state index contributed by atoms with van der Waals surface area (Å²) in [5.74, 6) is 1.50. The Bertz CT molecular complexity index is 1100. The Balaban J connectivity index is 0.000000192. The highest BCUT2D eigenvalue weighted by Gasteiger charge is 2.01. The molecule has 0 fully saturated rings. The topological polar surface area (TPSA) is 144 Å². The number of anilines is 3. The van der Waals surface area contributed by atoms with Crippen molar-refractivity contribution in [1.82, 2.24) is 39.5 Å². The van der Waals surface area contributed by atoms with Crippen LogP contribution < -0.4 is 20.5 Å². The second kappa shape index (κ2) is 13.5. The summed E-state index contributed by atoms with van der Waals surface area (Å²) in [6, 6.07) is 3.33. The van der Waals surface area contributed by atoms with Gasteiger partial charge in [-0.25, -0.2) is 9.97 Å². The van der Waals surface area contributed by atoms with Crippen LogP contribution in [0.3, 0.4) is 0 Å². The van der Waals surface area contributed by atoms with Gasteiger partial charge in [0.2, 0.25) is 23.0 Å². The minimum Gasteiger partial charge on any atom is -0.481 e. The van der Waals surface area contributed by atoms with Crippen LogP contribution in [0.1, 0.15) is 13.8 Å². The normalized spacial score (nSPS) is 9.73. The maximum atomic E-state index is 5.42. The lowest BCUT2D eigenvalue weighted by Gasteiger charge is -2.02. The molecule has 0 atom stereocenters. The molecule has 33 heavy (non-hydrogen) atoms. The molecule has 0 saturated carbocycles. The van der Waals surface area contributed by atoms with Crippen LogP contribution in [0.2, 0.25) is 5.28 Å². The molecule has 0 aliphatic rings. The second-order valence-electron chi connectivity index (χ2n) is 6.13. The molecule has 0 saturated heterocycles. The number of hydrogen-bond donors (Lipinski definition) is 2. The van der Waals surface area contributed by atoms with Gasteiger partial charge in [-0.05, 0) is 25.4 Å². The van der Waals surface area contributed by atoms with Crippen molar-refractivity contribution in [1.29, 1.82) is 0 Å². The van der Waals surface area contributed by atoms with E-state index in [1.165, 1.54) is 13.3 Å². The van der Waals surface area contributed by atoms with E-state index in [1.54, 1.807) is 48.7 Å². The van der Waals surface area contributed by atoms with Gasteiger partial charge in [0.25, 0.3) is 0 Å². The molecule has 4 rings (SSSR count). The lowest BCUT2D eigenvalue weighted by Crippen LogP contribution is -1.97. The summed E-state index contributed by atoms with van der Waals surface area (Å²) in [4.78, 5) is 15.6. The summed E-state index contributed by atoms with van der Waals surface area (Å²) in [6.07, 6.45) is 10.2. The Morgan fingerprint density at radius 3 is 2.00 bits per heavy atom. The van der Waals surface area contributed by atoms with Crippen LogP contribution in [0.4, 0.5) is 17.3 Å². The van der Waals surface area contributed by atoms with Crippen LogP contribution in [0.5, 0.6) is 11.8 Å². The van der Waals surface area contributed by atoms with Crippen molar-refractivity contribution >= 4 is 28.9 Å². The number of nitrogens with zero attached hydrogens (tertiary/aromatic N) is 8. The molecule has 0 radical (unpaired) electrons. The first-order valence-electron chi connectivity index (χ1n) is 9.94. The Hall–Kier alpha value is -3.93. The SMILES string of the molecule is CCn1cc(N)cn1.CCn1cc(Nc2nccc(OC)n2)cn1.COc1ccnc(Cl)n1. The van der Waals surface area contributed by atoms with Crippen LogP contribution >= 0.6 is 11.6 Å². The van der Waals surface area contributed by atoms with Crippen molar-refractivity contribution in [3.05, 3.63) is 54.6 Å². The van der Waals surface area contributed by atoms with Crippen molar-refractivity contribution in [2.45, 2.75) is 26.9 Å². The van der Waals surface area contributed by atoms with E-state index >= 15 is 0 Å². The molecule has 0 amide bonds. The predicted molar refractivity (Wildman–Crippen MR) is 126 cm³/mol. The number of rotatable bonds is 6. The monoisotopic (exact) mass is 474 g/mol. The fraction of sp³-hybridized carbons (Fsp3) is 0.300. The van der Waals surface area contributed by atoms with Crippen molar-refractivity contribution in [2.75, 3.05) is 25.3 Å². The fourth-order valence-corrected chi connectivity index (χ4v) is 2.37. The van der Waals surface area contributed by atoms with Crippen molar-refractivity contribution in [3.63, 3.8) is 0 Å². The molecule has 0 spiro atoms. The molecule has 4 aromatic heterocycles. The van der Waals surface area contributed by atoms with E-state index in [1.807, 2.05) is 24.7 Å².